The van der Waals surface area contributed by atoms with Gasteiger partial charge in [0.05, 0.1) is 24.0 Å². The van der Waals surface area contributed by atoms with Gasteiger partial charge in [0.25, 0.3) is 0 Å². The average Bonchev–Trinajstić information content (AvgIpc) is 2.41. The molecule has 0 bridgehead atoms. The highest BCUT2D eigenvalue weighted by molar-refractivity contribution is 5.74. The van der Waals surface area contributed by atoms with Gasteiger partial charge in [0.2, 0.25) is 0 Å². The fraction of sp³-hybridized carbons (Fsp3) is 0.143. The maximum Gasteiger partial charge on any atom is 0.416 e. The van der Waals surface area contributed by atoms with Crippen LogP contribution in [0.4, 0.5) is 30.2 Å². The number of ether oxygens (including phenoxy) is 1. The molecular weight excluding hydrogens is 269 g/mol. The van der Waals surface area contributed by atoms with E-state index in [0.717, 1.165) is 12.1 Å². The van der Waals surface area contributed by atoms with E-state index in [0.29, 0.717) is 22.8 Å². The molecular formula is C14H13F3N2O. The molecule has 0 saturated carbocycles. The second kappa shape index (κ2) is 5.32. The van der Waals surface area contributed by atoms with Gasteiger partial charge in [-0.1, -0.05) is 6.07 Å². The van der Waals surface area contributed by atoms with Crippen molar-refractivity contribution in [1.82, 2.24) is 0 Å². The number of anilines is 3. The van der Waals surface area contributed by atoms with Crippen molar-refractivity contribution in [2.24, 2.45) is 0 Å². The first-order valence-electron chi connectivity index (χ1n) is 5.78. The summed E-state index contributed by atoms with van der Waals surface area (Å²) in [6.07, 6.45) is -4.38. The molecule has 0 heterocycles. The number of nitrogens with two attached hydrogens (primary N) is 1. The molecule has 0 atom stereocenters. The Balaban J connectivity index is 2.30. The molecule has 2 aromatic rings. The highest BCUT2D eigenvalue weighted by atomic mass is 19.4. The summed E-state index contributed by atoms with van der Waals surface area (Å²) in [7, 11) is 1.50. The summed E-state index contributed by atoms with van der Waals surface area (Å²) >= 11 is 0. The molecule has 0 amide bonds. The Morgan fingerprint density at radius 3 is 2.50 bits per heavy atom. The predicted octanol–water partition coefficient (Wildman–Crippen LogP) is 4.04. The van der Waals surface area contributed by atoms with Crippen molar-refractivity contribution >= 4 is 17.1 Å². The molecule has 0 spiro atoms. The van der Waals surface area contributed by atoms with E-state index < -0.39 is 11.7 Å². The van der Waals surface area contributed by atoms with Gasteiger partial charge in [-0.15, -0.1) is 0 Å². The number of hydrogen-bond donors (Lipinski definition) is 2. The molecule has 0 aromatic heterocycles. The molecule has 0 fully saturated rings. The monoisotopic (exact) mass is 282 g/mol. The van der Waals surface area contributed by atoms with Gasteiger partial charge in [-0.3, -0.25) is 0 Å². The van der Waals surface area contributed by atoms with Gasteiger partial charge in [-0.2, -0.15) is 13.2 Å². The minimum Gasteiger partial charge on any atom is -0.497 e. The molecule has 0 saturated heterocycles. The van der Waals surface area contributed by atoms with E-state index in [9.17, 15) is 13.2 Å². The number of alkyl halides is 3. The highest BCUT2D eigenvalue weighted by Crippen LogP contribution is 2.33. The molecule has 0 aliphatic heterocycles. The molecule has 2 aromatic carbocycles. The lowest BCUT2D eigenvalue weighted by atomic mass is 10.2. The van der Waals surface area contributed by atoms with Gasteiger partial charge in [0.1, 0.15) is 5.75 Å². The summed E-state index contributed by atoms with van der Waals surface area (Å²) in [6, 6.07) is 9.83. The highest BCUT2D eigenvalue weighted by Gasteiger charge is 2.30. The zero-order valence-electron chi connectivity index (χ0n) is 10.7. The average molecular weight is 282 g/mol. The molecule has 2 rings (SSSR count). The Bertz CT molecular complexity index is 612. The predicted molar refractivity (Wildman–Crippen MR) is 72.1 cm³/mol. The summed E-state index contributed by atoms with van der Waals surface area (Å²) in [4.78, 5) is 0. The molecule has 0 aliphatic carbocycles. The third kappa shape index (κ3) is 3.14. The van der Waals surface area contributed by atoms with Gasteiger partial charge in [-0.05, 0) is 30.3 Å². The van der Waals surface area contributed by atoms with E-state index in [1.54, 1.807) is 18.2 Å². The van der Waals surface area contributed by atoms with Crippen LogP contribution in [0.25, 0.3) is 0 Å². The quantitative estimate of drug-likeness (QED) is 0.835. The van der Waals surface area contributed by atoms with Gasteiger partial charge in [0, 0.05) is 11.8 Å². The number of halogens is 3. The second-order valence-corrected chi connectivity index (χ2v) is 4.16. The molecule has 3 N–H and O–H groups in total. The van der Waals surface area contributed by atoms with Crippen LogP contribution in [0.1, 0.15) is 5.56 Å². The number of benzene rings is 2. The lowest BCUT2D eigenvalue weighted by Crippen LogP contribution is -2.05. The standard InChI is InChI=1S/C14H13F3N2O/c1-20-11-5-6-12(18)13(8-11)19-10-4-2-3-9(7-10)14(15,16)17/h2-8,19H,18H2,1H3. The molecule has 3 nitrogen and oxygen atoms in total. The Kier molecular flexibility index (Phi) is 3.74. The smallest absolute Gasteiger partial charge is 0.416 e. The minimum atomic E-state index is -4.38. The van der Waals surface area contributed by atoms with Crippen LogP contribution in [0.5, 0.6) is 5.75 Å². The summed E-state index contributed by atoms with van der Waals surface area (Å²) in [5.41, 5.74) is 6.27. The van der Waals surface area contributed by atoms with Gasteiger partial charge < -0.3 is 15.8 Å². The lowest BCUT2D eigenvalue weighted by molar-refractivity contribution is -0.137. The zero-order valence-corrected chi connectivity index (χ0v) is 10.7. The van der Waals surface area contributed by atoms with Crippen molar-refractivity contribution in [3.05, 3.63) is 48.0 Å². The van der Waals surface area contributed by atoms with Crippen molar-refractivity contribution in [3.8, 4) is 5.75 Å². The molecule has 106 valence electrons. The van der Waals surface area contributed by atoms with Crippen LogP contribution in [0.15, 0.2) is 42.5 Å². The van der Waals surface area contributed by atoms with Crippen molar-refractivity contribution in [1.29, 1.82) is 0 Å². The maximum absolute atomic E-state index is 12.6. The van der Waals surface area contributed by atoms with Gasteiger partial charge in [-0.25, -0.2) is 0 Å². The molecule has 6 heteroatoms. The molecule has 0 radical (unpaired) electrons. The molecule has 20 heavy (non-hydrogen) atoms. The zero-order chi connectivity index (χ0) is 14.8. The number of nitrogen functional groups attached to an aromatic ring is 1. The van der Waals surface area contributed by atoms with Crippen molar-refractivity contribution in [2.45, 2.75) is 6.18 Å². The normalized spacial score (nSPS) is 11.2. The third-order valence-electron chi connectivity index (χ3n) is 2.73. The Labute approximate surface area is 114 Å². The summed E-state index contributed by atoms with van der Waals surface area (Å²) < 4.78 is 42.9. The van der Waals surface area contributed by atoms with Crippen molar-refractivity contribution in [3.63, 3.8) is 0 Å². The fourth-order valence-corrected chi connectivity index (χ4v) is 1.70. The van der Waals surface area contributed by atoms with Crippen molar-refractivity contribution < 1.29 is 17.9 Å². The van der Waals surface area contributed by atoms with Crippen LogP contribution >= 0.6 is 0 Å². The lowest BCUT2D eigenvalue weighted by Gasteiger charge is -2.13. The molecule has 0 unspecified atom stereocenters. The van der Waals surface area contributed by atoms with Gasteiger partial charge in [0.15, 0.2) is 0 Å². The minimum absolute atomic E-state index is 0.305. The van der Waals surface area contributed by atoms with E-state index in [2.05, 4.69) is 5.32 Å². The molecule has 0 aliphatic rings. The SMILES string of the molecule is COc1ccc(N)c(Nc2cccc(C(F)(F)F)c2)c1. The van der Waals surface area contributed by atoms with Crippen LogP contribution in [0, 0.1) is 0 Å². The third-order valence-corrected chi connectivity index (χ3v) is 2.73. The van der Waals surface area contributed by atoms with Crippen LogP contribution in [-0.4, -0.2) is 7.11 Å². The summed E-state index contributed by atoms with van der Waals surface area (Å²) in [6.45, 7) is 0. The number of nitrogens with one attached hydrogen (secondary N) is 1. The van der Waals surface area contributed by atoms with E-state index in [1.807, 2.05) is 0 Å². The Hall–Kier alpha value is -2.37. The second-order valence-electron chi connectivity index (χ2n) is 4.16. The summed E-state index contributed by atoms with van der Waals surface area (Å²) in [5, 5.41) is 2.85. The van der Waals surface area contributed by atoms with Crippen LogP contribution in [0.3, 0.4) is 0 Å². The Morgan fingerprint density at radius 2 is 1.85 bits per heavy atom. The summed E-state index contributed by atoms with van der Waals surface area (Å²) in [5.74, 6) is 0.564. The number of hydrogen-bond acceptors (Lipinski definition) is 3. The number of methoxy groups -OCH3 is 1. The Morgan fingerprint density at radius 1 is 1.10 bits per heavy atom. The maximum atomic E-state index is 12.6. The van der Waals surface area contributed by atoms with Crippen molar-refractivity contribution in [2.75, 3.05) is 18.2 Å². The van der Waals surface area contributed by atoms with Gasteiger partial charge >= 0.3 is 6.18 Å². The number of rotatable bonds is 3. The van der Waals surface area contributed by atoms with E-state index in [-0.39, 0.29) is 0 Å². The van der Waals surface area contributed by atoms with Crippen LogP contribution in [-0.2, 0) is 6.18 Å². The first-order valence-corrected chi connectivity index (χ1v) is 5.78. The van der Waals surface area contributed by atoms with E-state index >= 15 is 0 Å². The topological polar surface area (TPSA) is 47.3 Å². The largest absolute Gasteiger partial charge is 0.497 e. The van der Waals surface area contributed by atoms with E-state index in [1.165, 1.54) is 19.2 Å². The first kappa shape index (κ1) is 14.0. The first-order chi connectivity index (χ1) is 9.40. The van der Waals surface area contributed by atoms with Crippen LogP contribution < -0.4 is 15.8 Å². The van der Waals surface area contributed by atoms with E-state index in [4.69, 9.17) is 10.5 Å². The van der Waals surface area contributed by atoms with Crippen LogP contribution in [0.2, 0.25) is 0 Å². The fourth-order valence-electron chi connectivity index (χ4n) is 1.70.